The average Bonchev–Trinajstić information content (AvgIpc) is 1.06. The Morgan fingerprint density at radius 2 is 0.500 bits per heavy atom. The molecular formula is C77H88Cl3N3O9. The Labute approximate surface area is 557 Å². The summed E-state index contributed by atoms with van der Waals surface area (Å²) < 4.78 is 0. The van der Waals surface area contributed by atoms with Crippen LogP contribution in [0.4, 0.5) is 17.1 Å². The molecule has 0 aliphatic rings. The van der Waals surface area contributed by atoms with Crippen LogP contribution in [0, 0.1) is 0 Å². The first-order valence-electron chi connectivity index (χ1n) is 31.5. The van der Waals surface area contributed by atoms with E-state index in [2.05, 4.69) is 139 Å². The molecular weight excluding hydrogens is 1220 g/mol. The van der Waals surface area contributed by atoms with E-state index in [0.717, 1.165) is 66.6 Å². The number of anilines is 3. The molecule has 12 nitrogen and oxygen atoms in total. The van der Waals surface area contributed by atoms with Crippen molar-refractivity contribution in [1.82, 2.24) is 0 Å². The molecule has 0 aromatic heterocycles. The molecule has 2 atom stereocenters. The van der Waals surface area contributed by atoms with Gasteiger partial charge in [-0.25, -0.2) is 0 Å². The number of aliphatic hydroxyl groups excluding tert-OH is 9. The molecule has 486 valence electrons. The van der Waals surface area contributed by atoms with Crippen LogP contribution in [0.1, 0.15) is 116 Å². The van der Waals surface area contributed by atoms with Crippen molar-refractivity contribution in [2.45, 2.75) is 55.3 Å². The zero-order valence-corrected chi connectivity index (χ0v) is 54.3. The van der Waals surface area contributed by atoms with Crippen molar-refractivity contribution in [3.63, 3.8) is 0 Å². The van der Waals surface area contributed by atoms with Crippen molar-refractivity contribution in [3.8, 4) is 0 Å². The van der Waals surface area contributed by atoms with Gasteiger partial charge in [-0.15, -0.1) is 0 Å². The summed E-state index contributed by atoms with van der Waals surface area (Å²) in [5.74, 6) is 0.423. The molecule has 9 aromatic rings. The van der Waals surface area contributed by atoms with E-state index in [4.69, 9.17) is 39.9 Å². The van der Waals surface area contributed by atoms with Crippen molar-refractivity contribution in [2.75, 3.05) is 107 Å². The van der Waals surface area contributed by atoms with Gasteiger partial charge in [0.25, 0.3) is 0 Å². The van der Waals surface area contributed by atoms with Crippen LogP contribution in [-0.4, -0.2) is 138 Å². The first-order chi connectivity index (χ1) is 45.0. The fourth-order valence-electron chi connectivity index (χ4n) is 11.8. The zero-order valence-electron chi connectivity index (χ0n) is 52.0. The van der Waals surface area contributed by atoms with Crippen LogP contribution >= 0.6 is 34.8 Å². The lowest BCUT2D eigenvalue weighted by Crippen LogP contribution is -2.29. The largest absolute Gasteiger partial charge is 0.396 e. The van der Waals surface area contributed by atoms with Crippen LogP contribution in [-0.2, 0) is 0 Å². The van der Waals surface area contributed by atoms with E-state index in [1.807, 2.05) is 101 Å². The SMILES string of the molecule is OCCC(CCO)c1ccc(C(c2ccc(Cl)cc2)c2ccc(C(CCO)CCO)cc2)cc1.OCCN(CCO)c1ccc(C(c2ccccc2)c2ccc(Cl)cc2)cc1.OCCNc1ccc(C(c2ccc(Cl)cc2)c2ccc(N(CCO)CCO)cc2)cc1. The Kier molecular flexibility index (Phi) is 31.0. The third kappa shape index (κ3) is 21.5. The molecule has 9 rings (SSSR count). The molecule has 0 aliphatic heterocycles. The number of rotatable bonds is 32. The first-order valence-corrected chi connectivity index (χ1v) is 32.7. The number of hydrogen-bond donors (Lipinski definition) is 10. The van der Waals surface area contributed by atoms with Gasteiger partial charge in [0.2, 0.25) is 0 Å². The van der Waals surface area contributed by atoms with Crippen molar-refractivity contribution in [2.24, 2.45) is 0 Å². The van der Waals surface area contributed by atoms with Gasteiger partial charge in [-0.05, 0) is 172 Å². The van der Waals surface area contributed by atoms with E-state index in [1.165, 1.54) is 16.7 Å². The topological polar surface area (TPSA) is 201 Å². The highest BCUT2D eigenvalue weighted by atomic mass is 35.5. The molecule has 0 spiro atoms. The van der Waals surface area contributed by atoms with Crippen LogP contribution in [0.3, 0.4) is 0 Å². The summed E-state index contributed by atoms with van der Waals surface area (Å²) in [6.07, 6.45) is 2.52. The summed E-state index contributed by atoms with van der Waals surface area (Å²) in [4.78, 5) is 3.94. The van der Waals surface area contributed by atoms with Crippen LogP contribution in [0.2, 0.25) is 15.1 Å². The van der Waals surface area contributed by atoms with Crippen LogP contribution in [0.5, 0.6) is 0 Å². The predicted octanol–water partition coefficient (Wildman–Crippen LogP) is 13.2. The lowest BCUT2D eigenvalue weighted by molar-refractivity contribution is 0.241. The lowest BCUT2D eigenvalue weighted by Gasteiger charge is -2.24. The minimum atomic E-state index is 0.0173. The van der Waals surface area contributed by atoms with Crippen molar-refractivity contribution in [3.05, 3.63) is 301 Å². The van der Waals surface area contributed by atoms with Gasteiger partial charge in [0, 0.05) is 109 Å². The van der Waals surface area contributed by atoms with Crippen molar-refractivity contribution < 1.29 is 46.0 Å². The van der Waals surface area contributed by atoms with E-state index in [0.29, 0.717) is 68.5 Å². The second-order valence-corrected chi connectivity index (χ2v) is 23.8. The number of nitrogens with one attached hydrogen (secondary N) is 1. The Morgan fingerprint density at radius 1 is 0.261 bits per heavy atom. The van der Waals surface area contributed by atoms with Gasteiger partial charge in [0.15, 0.2) is 0 Å². The molecule has 0 aliphatic carbocycles. The van der Waals surface area contributed by atoms with Gasteiger partial charge in [-0.2, -0.15) is 0 Å². The average molecular weight is 1310 g/mol. The fraction of sp³-hybridized carbons (Fsp3) is 0.299. The van der Waals surface area contributed by atoms with E-state index < -0.39 is 0 Å². The third-order valence-electron chi connectivity index (χ3n) is 16.5. The molecule has 0 amide bonds. The van der Waals surface area contributed by atoms with E-state index >= 15 is 0 Å². The minimum absolute atomic E-state index is 0.0173. The lowest BCUT2D eigenvalue weighted by atomic mass is 9.82. The fourth-order valence-corrected chi connectivity index (χ4v) is 12.2. The van der Waals surface area contributed by atoms with Crippen molar-refractivity contribution >= 4 is 51.9 Å². The quantitative estimate of drug-likeness (QED) is 0.0179. The van der Waals surface area contributed by atoms with Crippen LogP contribution in [0.15, 0.2) is 224 Å². The molecule has 0 bridgehead atoms. The molecule has 0 radical (unpaired) electrons. The van der Waals surface area contributed by atoms with E-state index in [9.17, 15) is 40.9 Å². The number of halogens is 3. The molecule has 2 unspecified atom stereocenters. The number of hydrogen-bond acceptors (Lipinski definition) is 12. The molecule has 0 saturated carbocycles. The van der Waals surface area contributed by atoms with E-state index in [-0.39, 0.29) is 89.1 Å². The highest BCUT2D eigenvalue weighted by molar-refractivity contribution is 6.31. The highest BCUT2D eigenvalue weighted by Gasteiger charge is 2.22. The Balaban J connectivity index is 0.000000197. The van der Waals surface area contributed by atoms with Crippen molar-refractivity contribution in [1.29, 1.82) is 0 Å². The number of benzene rings is 9. The maximum atomic E-state index is 9.40. The Hall–Kier alpha value is -7.11. The second kappa shape index (κ2) is 39.4. The predicted molar refractivity (Wildman–Crippen MR) is 376 cm³/mol. The third-order valence-corrected chi connectivity index (χ3v) is 17.2. The van der Waals surface area contributed by atoms with Crippen LogP contribution < -0.4 is 15.1 Å². The van der Waals surface area contributed by atoms with E-state index in [1.54, 1.807) is 0 Å². The summed E-state index contributed by atoms with van der Waals surface area (Å²) in [6.45, 7) is 3.11. The zero-order chi connectivity index (χ0) is 65.5. The highest BCUT2D eigenvalue weighted by Crippen LogP contribution is 2.38. The van der Waals surface area contributed by atoms with Gasteiger partial charge in [-0.1, -0.05) is 186 Å². The standard InChI is InChI=1S/C29H35ClO4.C25H29ClN2O3.C23H24ClNO2/c30-28-11-9-27(10-12-28)29(25-5-1-21(2-6-25)23(13-17-31)14-18-32)26-7-3-22(4-8-26)24(15-19-33)16-20-34;26-22-7-1-19(2-8-22)25(20-3-9-23(10-4-20)27-13-16-29)21-5-11-24(12-6-21)28(14-17-30)15-18-31;24-21-10-6-19(7-11-21)23(18-4-2-1-3-5-18)20-8-12-22(13-9-20)25(14-16-26)15-17-27/h1-12,23-24,29,31-34H,13-20H2;1-12,25,27,29-31H,13-18H2;1-13,23,26-27H,14-17H2. The summed E-state index contributed by atoms with van der Waals surface area (Å²) >= 11 is 18.4. The van der Waals surface area contributed by atoms with Gasteiger partial charge < -0.3 is 61.1 Å². The maximum Gasteiger partial charge on any atom is 0.0606 e. The summed E-state index contributed by atoms with van der Waals surface area (Å²) in [5.41, 5.74) is 15.6. The summed E-state index contributed by atoms with van der Waals surface area (Å²) in [7, 11) is 0. The van der Waals surface area contributed by atoms with Gasteiger partial charge >= 0.3 is 0 Å². The number of nitrogens with zero attached hydrogens (tertiary/aromatic N) is 2. The monoisotopic (exact) mass is 1300 g/mol. The molecule has 0 heterocycles. The Bertz CT molecular complexity index is 3360. The molecule has 0 fully saturated rings. The molecule has 15 heteroatoms. The first kappa shape index (κ1) is 72.3. The second-order valence-electron chi connectivity index (χ2n) is 22.5. The Morgan fingerprint density at radius 3 is 0.761 bits per heavy atom. The smallest absolute Gasteiger partial charge is 0.0606 e. The molecule has 0 saturated heterocycles. The van der Waals surface area contributed by atoms with Gasteiger partial charge in [-0.3, -0.25) is 0 Å². The molecule has 10 N–H and O–H groups in total. The molecule has 9 aromatic carbocycles. The minimum Gasteiger partial charge on any atom is -0.396 e. The molecule has 92 heavy (non-hydrogen) atoms. The summed E-state index contributed by atoms with van der Waals surface area (Å²) in [6, 6.07) is 75.9. The van der Waals surface area contributed by atoms with Crippen LogP contribution in [0.25, 0.3) is 0 Å². The summed E-state index contributed by atoms with van der Waals surface area (Å²) in [5, 5.41) is 89.0. The van der Waals surface area contributed by atoms with Gasteiger partial charge in [0.05, 0.1) is 33.0 Å². The normalized spacial score (nSPS) is 11.8. The van der Waals surface area contributed by atoms with Gasteiger partial charge in [0.1, 0.15) is 0 Å². The maximum absolute atomic E-state index is 9.40. The number of aliphatic hydroxyl groups is 9.